The van der Waals surface area contributed by atoms with Gasteiger partial charge in [0.05, 0.1) is 12.3 Å². The predicted molar refractivity (Wildman–Crippen MR) is 84.6 cm³/mol. The molecule has 0 spiro atoms. The quantitative estimate of drug-likeness (QED) is 0.688. The lowest BCUT2D eigenvalue weighted by molar-refractivity contribution is -0.148. The number of esters is 1. The van der Waals surface area contributed by atoms with Gasteiger partial charge in [0.15, 0.2) is 5.13 Å². The van der Waals surface area contributed by atoms with Crippen LogP contribution in [0.3, 0.4) is 0 Å². The van der Waals surface area contributed by atoms with Gasteiger partial charge in [0, 0.05) is 18.5 Å². The molecule has 0 atom stereocenters. The Morgan fingerprint density at radius 1 is 1.30 bits per heavy atom. The molecule has 0 aromatic carbocycles. The number of thiazole rings is 1. The van der Waals surface area contributed by atoms with Crippen LogP contribution >= 0.6 is 11.3 Å². The highest BCUT2D eigenvalue weighted by Gasteiger charge is 2.34. The van der Waals surface area contributed by atoms with E-state index >= 15 is 0 Å². The van der Waals surface area contributed by atoms with Gasteiger partial charge >= 0.3 is 5.97 Å². The van der Waals surface area contributed by atoms with Gasteiger partial charge in [-0.15, -0.1) is 11.3 Å². The monoisotopic (exact) mass is 298 g/mol. The molecule has 0 bridgehead atoms. The Bertz CT molecular complexity index is 423. The van der Waals surface area contributed by atoms with E-state index in [1.54, 1.807) is 11.3 Å². The van der Waals surface area contributed by atoms with Crippen molar-refractivity contribution in [2.75, 3.05) is 24.6 Å². The highest BCUT2D eigenvalue weighted by molar-refractivity contribution is 7.13. The molecule has 0 unspecified atom stereocenters. The van der Waals surface area contributed by atoms with E-state index < -0.39 is 5.41 Å². The van der Waals surface area contributed by atoms with Crippen LogP contribution in [-0.2, 0) is 14.9 Å². The Hall–Kier alpha value is -1.10. The molecule has 1 heterocycles. The number of ether oxygens (including phenoxy) is 1. The standard InChI is InChI=1S/C15H26N2O2S/c1-6-9-17(10-7-2)14-16-12(11-20-14)15(4,5)13(18)19-8-3/h11H,6-10H2,1-5H3. The first-order valence-electron chi connectivity index (χ1n) is 7.35. The number of carbonyl (C=O) groups excluding carboxylic acids is 1. The van der Waals surface area contributed by atoms with Gasteiger partial charge in [0.2, 0.25) is 0 Å². The number of hydrogen-bond acceptors (Lipinski definition) is 5. The summed E-state index contributed by atoms with van der Waals surface area (Å²) in [4.78, 5) is 19.0. The summed E-state index contributed by atoms with van der Waals surface area (Å²) in [7, 11) is 0. The molecular weight excluding hydrogens is 272 g/mol. The largest absolute Gasteiger partial charge is 0.465 e. The summed E-state index contributed by atoms with van der Waals surface area (Å²) in [5.74, 6) is -0.214. The molecule has 1 aromatic rings. The third-order valence-corrected chi connectivity index (χ3v) is 4.08. The van der Waals surface area contributed by atoms with E-state index in [2.05, 4.69) is 23.7 Å². The summed E-state index contributed by atoms with van der Waals surface area (Å²) >= 11 is 1.61. The highest BCUT2D eigenvalue weighted by atomic mass is 32.1. The topological polar surface area (TPSA) is 42.4 Å². The fraction of sp³-hybridized carbons (Fsp3) is 0.733. The van der Waals surface area contributed by atoms with Crippen molar-refractivity contribution in [1.29, 1.82) is 0 Å². The average Bonchev–Trinajstić information content (AvgIpc) is 2.89. The summed E-state index contributed by atoms with van der Waals surface area (Å²) in [6, 6.07) is 0. The minimum atomic E-state index is -0.686. The van der Waals surface area contributed by atoms with Crippen LogP contribution in [0.2, 0.25) is 0 Å². The molecular formula is C15H26N2O2S. The Balaban J connectivity index is 2.91. The van der Waals surface area contributed by atoms with Gasteiger partial charge < -0.3 is 9.64 Å². The molecule has 0 saturated carbocycles. The van der Waals surface area contributed by atoms with E-state index in [0.717, 1.165) is 36.8 Å². The zero-order valence-corrected chi connectivity index (χ0v) is 14.0. The summed E-state index contributed by atoms with van der Waals surface area (Å²) in [5, 5.41) is 2.98. The van der Waals surface area contributed by atoms with Gasteiger partial charge in [-0.1, -0.05) is 13.8 Å². The van der Waals surface area contributed by atoms with Crippen LogP contribution in [-0.4, -0.2) is 30.6 Å². The van der Waals surface area contributed by atoms with Crippen LogP contribution < -0.4 is 4.90 Å². The molecule has 4 nitrogen and oxygen atoms in total. The van der Waals surface area contributed by atoms with Gasteiger partial charge in [-0.3, -0.25) is 4.79 Å². The SMILES string of the molecule is CCCN(CCC)c1nc(C(C)(C)C(=O)OCC)cs1. The normalized spacial score (nSPS) is 11.4. The number of carbonyl (C=O) groups is 1. The van der Waals surface area contributed by atoms with Crippen LogP contribution in [0.15, 0.2) is 5.38 Å². The van der Waals surface area contributed by atoms with E-state index in [-0.39, 0.29) is 5.97 Å². The van der Waals surface area contributed by atoms with Crippen molar-refractivity contribution < 1.29 is 9.53 Å². The molecule has 1 aromatic heterocycles. The molecule has 0 aliphatic heterocycles. The summed E-state index contributed by atoms with van der Waals surface area (Å²) in [5.41, 5.74) is 0.114. The van der Waals surface area contributed by atoms with Crippen molar-refractivity contribution >= 4 is 22.4 Å². The molecule has 0 N–H and O–H groups in total. The fourth-order valence-electron chi connectivity index (χ4n) is 1.96. The van der Waals surface area contributed by atoms with E-state index in [9.17, 15) is 4.79 Å². The molecule has 0 saturated heterocycles. The molecule has 0 amide bonds. The number of anilines is 1. The zero-order valence-electron chi connectivity index (χ0n) is 13.2. The molecule has 0 aliphatic carbocycles. The summed E-state index contributed by atoms with van der Waals surface area (Å²) in [6.45, 7) is 12.3. The zero-order chi connectivity index (χ0) is 15.2. The smallest absolute Gasteiger partial charge is 0.317 e. The maximum Gasteiger partial charge on any atom is 0.317 e. The van der Waals surface area contributed by atoms with Crippen molar-refractivity contribution in [2.24, 2.45) is 0 Å². The molecule has 5 heteroatoms. The Morgan fingerprint density at radius 3 is 2.40 bits per heavy atom. The van der Waals surface area contributed by atoms with Crippen LogP contribution in [0.5, 0.6) is 0 Å². The van der Waals surface area contributed by atoms with Crippen LogP contribution in [0.1, 0.15) is 53.2 Å². The van der Waals surface area contributed by atoms with Crippen molar-refractivity contribution in [3.8, 4) is 0 Å². The first-order chi connectivity index (χ1) is 9.47. The fourth-order valence-corrected chi connectivity index (χ4v) is 3.00. The van der Waals surface area contributed by atoms with E-state index in [1.807, 2.05) is 26.2 Å². The Kier molecular flexibility index (Phi) is 6.46. The van der Waals surface area contributed by atoms with Crippen LogP contribution in [0.4, 0.5) is 5.13 Å². The van der Waals surface area contributed by atoms with Crippen molar-refractivity contribution in [3.63, 3.8) is 0 Å². The summed E-state index contributed by atoms with van der Waals surface area (Å²) < 4.78 is 5.14. The van der Waals surface area contributed by atoms with Crippen molar-refractivity contribution in [2.45, 2.75) is 52.9 Å². The van der Waals surface area contributed by atoms with Crippen LogP contribution in [0, 0.1) is 0 Å². The first-order valence-corrected chi connectivity index (χ1v) is 8.23. The number of rotatable bonds is 8. The minimum absolute atomic E-state index is 0.214. The first kappa shape index (κ1) is 17.0. The minimum Gasteiger partial charge on any atom is -0.465 e. The van der Waals surface area contributed by atoms with Crippen molar-refractivity contribution in [3.05, 3.63) is 11.1 Å². The van der Waals surface area contributed by atoms with Gasteiger partial charge in [-0.25, -0.2) is 4.98 Å². The lowest BCUT2D eigenvalue weighted by Gasteiger charge is -2.22. The molecule has 114 valence electrons. The molecule has 1 rings (SSSR count). The average molecular weight is 298 g/mol. The van der Waals surface area contributed by atoms with E-state index in [4.69, 9.17) is 4.74 Å². The second kappa shape index (κ2) is 7.62. The molecule has 0 aliphatic rings. The van der Waals surface area contributed by atoms with Gasteiger partial charge in [0.25, 0.3) is 0 Å². The maximum atomic E-state index is 12.0. The maximum absolute atomic E-state index is 12.0. The predicted octanol–water partition coefficient (Wildman–Crippen LogP) is 3.61. The number of aromatic nitrogens is 1. The van der Waals surface area contributed by atoms with Gasteiger partial charge in [-0.05, 0) is 33.6 Å². The van der Waals surface area contributed by atoms with Gasteiger partial charge in [-0.2, -0.15) is 0 Å². The Labute approximate surface area is 126 Å². The van der Waals surface area contributed by atoms with Crippen LogP contribution in [0.25, 0.3) is 0 Å². The van der Waals surface area contributed by atoms with E-state index in [1.165, 1.54) is 0 Å². The lowest BCUT2D eigenvalue weighted by atomic mass is 9.90. The molecule has 0 fully saturated rings. The lowest BCUT2D eigenvalue weighted by Crippen LogP contribution is -2.32. The third kappa shape index (κ3) is 3.95. The van der Waals surface area contributed by atoms with Crippen molar-refractivity contribution in [1.82, 2.24) is 4.98 Å². The number of nitrogens with zero attached hydrogens (tertiary/aromatic N) is 2. The second-order valence-corrected chi connectivity index (χ2v) is 6.18. The second-order valence-electron chi connectivity index (χ2n) is 5.35. The molecule has 0 radical (unpaired) electrons. The Morgan fingerprint density at radius 2 is 1.90 bits per heavy atom. The highest BCUT2D eigenvalue weighted by Crippen LogP contribution is 2.30. The number of hydrogen-bond donors (Lipinski definition) is 0. The van der Waals surface area contributed by atoms with E-state index in [0.29, 0.717) is 6.61 Å². The molecule has 20 heavy (non-hydrogen) atoms. The third-order valence-electron chi connectivity index (χ3n) is 3.18. The summed E-state index contributed by atoms with van der Waals surface area (Å²) in [6.07, 6.45) is 2.19. The van der Waals surface area contributed by atoms with Gasteiger partial charge in [0.1, 0.15) is 5.41 Å².